The molecule has 7 heteroatoms. The van der Waals surface area contributed by atoms with Gasteiger partial charge < -0.3 is 10.5 Å². The molecular weight excluding hydrogens is 283 g/mol. The zero-order valence-electron chi connectivity index (χ0n) is 10.8. The quantitative estimate of drug-likeness (QED) is 0.673. The molecule has 0 unspecified atom stereocenters. The van der Waals surface area contributed by atoms with Crippen LogP contribution < -0.4 is 10.5 Å². The average molecular weight is 295 g/mol. The van der Waals surface area contributed by atoms with Crippen LogP contribution in [0.25, 0.3) is 0 Å². The van der Waals surface area contributed by atoms with E-state index in [0.717, 1.165) is 12.1 Å². The number of nitrogen functional groups attached to an aromatic ring is 1. The van der Waals surface area contributed by atoms with Gasteiger partial charge in [0.2, 0.25) is 0 Å². The summed E-state index contributed by atoms with van der Waals surface area (Å²) in [5, 5.41) is 7.20. The first-order valence-electron chi connectivity index (χ1n) is 5.96. The van der Waals surface area contributed by atoms with Crippen LogP contribution in [-0.2, 0) is 12.8 Å². The van der Waals surface area contributed by atoms with E-state index in [9.17, 15) is 13.2 Å². The highest BCUT2D eigenvalue weighted by Gasteiger charge is 2.35. The molecule has 0 spiro atoms. The molecule has 2 aromatic rings. The minimum Gasteiger partial charge on any atom is -0.487 e. The molecule has 1 aromatic carbocycles. The summed E-state index contributed by atoms with van der Waals surface area (Å²) >= 11 is 0. The van der Waals surface area contributed by atoms with Crippen LogP contribution in [0.3, 0.4) is 0 Å². The van der Waals surface area contributed by atoms with Gasteiger partial charge in [-0.25, -0.2) is 0 Å². The third-order valence-corrected chi connectivity index (χ3v) is 2.70. The Kier molecular flexibility index (Phi) is 4.11. The number of rotatable bonds is 4. The van der Waals surface area contributed by atoms with Crippen molar-refractivity contribution in [3.8, 4) is 5.75 Å². The van der Waals surface area contributed by atoms with Crippen molar-refractivity contribution in [2.75, 3.05) is 0 Å². The molecule has 2 rings (SSSR count). The molecule has 0 saturated heterocycles. The predicted octanol–water partition coefficient (Wildman–Crippen LogP) is 2.96. The molecule has 1 aromatic heterocycles. The Labute approximate surface area is 118 Å². The third kappa shape index (κ3) is 3.71. The molecule has 0 bridgehead atoms. The topological polar surface area (TPSA) is 72.0 Å². The second-order valence-corrected chi connectivity index (χ2v) is 4.23. The lowest BCUT2D eigenvalue weighted by atomic mass is 10.1. The third-order valence-electron chi connectivity index (χ3n) is 2.70. The summed E-state index contributed by atoms with van der Waals surface area (Å²) in [6.07, 6.45) is -3.06. The van der Waals surface area contributed by atoms with Crippen LogP contribution in [0.2, 0.25) is 0 Å². The van der Waals surface area contributed by atoms with E-state index in [-0.39, 0.29) is 17.9 Å². The molecule has 3 N–H and O–H groups in total. The molecule has 1 heterocycles. The number of ether oxygens (including phenoxy) is 1. The summed E-state index contributed by atoms with van der Waals surface area (Å²) in [7, 11) is 0. The van der Waals surface area contributed by atoms with E-state index in [1.165, 1.54) is 12.3 Å². The number of nitrogens with one attached hydrogen (secondary N) is 1. The van der Waals surface area contributed by atoms with E-state index in [4.69, 9.17) is 15.9 Å². The molecule has 0 fully saturated rings. The molecule has 0 aliphatic rings. The van der Waals surface area contributed by atoms with Gasteiger partial charge in [-0.05, 0) is 30.3 Å². The van der Waals surface area contributed by atoms with Crippen molar-refractivity contribution in [3.05, 3.63) is 59.4 Å². The van der Waals surface area contributed by atoms with Crippen LogP contribution >= 0.6 is 0 Å². The Bertz CT molecular complexity index is 642. The number of nitrogens with two attached hydrogens (primary N) is 1. The summed E-state index contributed by atoms with van der Waals surface area (Å²) < 4.78 is 44.2. The number of nitrogens with zero attached hydrogens (tertiary/aromatic N) is 1. The monoisotopic (exact) mass is 295 g/mol. The van der Waals surface area contributed by atoms with Crippen molar-refractivity contribution >= 4 is 5.84 Å². The average Bonchev–Trinajstić information content (AvgIpc) is 2.45. The molecule has 110 valence electrons. The lowest BCUT2D eigenvalue weighted by molar-refractivity contribution is -0.139. The summed E-state index contributed by atoms with van der Waals surface area (Å²) in [6.45, 7) is -0.0800. The summed E-state index contributed by atoms with van der Waals surface area (Å²) in [5.74, 6) is -0.755. The maximum atomic E-state index is 13.0. The number of halogens is 3. The molecule has 21 heavy (non-hydrogen) atoms. The van der Waals surface area contributed by atoms with Gasteiger partial charge in [0.05, 0.1) is 11.3 Å². The van der Waals surface area contributed by atoms with Crippen LogP contribution in [0.4, 0.5) is 13.2 Å². The van der Waals surface area contributed by atoms with E-state index < -0.39 is 17.6 Å². The number of alkyl halides is 3. The van der Waals surface area contributed by atoms with Crippen LogP contribution in [0.15, 0.2) is 42.6 Å². The lowest BCUT2D eigenvalue weighted by Gasteiger charge is -2.15. The first-order chi connectivity index (χ1) is 9.88. The zero-order chi connectivity index (χ0) is 15.5. The van der Waals surface area contributed by atoms with Crippen LogP contribution in [0, 0.1) is 5.41 Å². The zero-order valence-corrected chi connectivity index (χ0v) is 10.8. The Morgan fingerprint density at radius 2 is 2.00 bits per heavy atom. The van der Waals surface area contributed by atoms with Crippen LogP contribution in [-0.4, -0.2) is 10.8 Å². The number of hydrogen-bond acceptors (Lipinski definition) is 3. The van der Waals surface area contributed by atoms with E-state index in [1.54, 1.807) is 18.2 Å². The fraction of sp³-hybridized carbons (Fsp3) is 0.143. The van der Waals surface area contributed by atoms with Gasteiger partial charge in [-0.3, -0.25) is 10.4 Å². The normalized spacial score (nSPS) is 11.2. The van der Waals surface area contributed by atoms with Gasteiger partial charge in [-0.2, -0.15) is 13.2 Å². The van der Waals surface area contributed by atoms with Crippen molar-refractivity contribution in [1.29, 1.82) is 5.41 Å². The minimum atomic E-state index is -4.59. The molecule has 0 aliphatic heterocycles. The van der Waals surface area contributed by atoms with Gasteiger partial charge in [0.15, 0.2) is 0 Å². The highest BCUT2D eigenvalue weighted by molar-refractivity contribution is 5.95. The molecular formula is C14H12F3N3O. The fourth-order valence-electron chi connectivity index (χ4n) is 1.68. The predicted molar refractivity (Wildman–Crippen MR) is 71.0 cm³/mol. The van der Waals surface area contributed by atoms with Crippen molar-refractivity contribution < 1.29 is 17.9 Å². The standard InChI is InChI=1S/C14H12F3N3O/c15-14(16,17)11-7-9(13(18)19)4-5-12(11)21-8-10-3-1-2-6-20-10/h1-7H,8H2,(H3,18,19). The minimum absolute atomic E-state index is 0.00693. The fourth-order valence-corrected chi connectivity index (χ4v) is 1.68. The second kappa shape index (κ2) is 5.82. The van der Waals surface area contributed by atoms with E-state index in [2.05, 4.69) is 4.98 Å². The SMILES string of the molecule is N=C(N)c1ccc(OCc2ccccn2)c(C(F)(F)F)c1. The van der Waals surface area contributed by atoms with Crippen molar-refractivity contribution in [2.24, 2.45) is 5.73 Å². The molecule has 0 atom stereocenters. The van der Waals surface area contributed by atoms with Crippen molar-refractivity contribution in [3.63, 3.8) is 0 Å². The van der Waals surface area contributed by atoms with E-state index >= 15 is 0 Å². The number of pyridine rings is 1. The number of benzene rings is 1. The van der Waals surface area contributed by atoms with Crippen molar-refractivity contribution in [2.45, 2.75) is 12.8 Å². The Balaban J connectivity index is 2.28. The van der Waals surface area contributed by atoms with Gasteiger partial charge in [0, 0.05) is 11.8 Å². The van der Waals surface area contributed by atoms with Gasteiger partial charge in [0.1, 0.15) is 18.2 Å². The molecule has 0 saturated carbocycles. The maximum absolute atomic E-state index is 13.0. The Hall–Kier alpha value is -2.57. The largest absolute Gasteiger partial charge is 0.487 e. The highest BCUT2D eigenvalue weighted by Crippen LogP contribution is 2.37. The van der Waals surface area contributed by atoms with Gasteiger partial charge in [-0.15, -0.1) is 0 Å². The number of aromatic nitrogens is 1. The molecule has 4 nitrogen and oxygen atoms in total. The van der Waals surface area contributed by atoms with Gasteiger partial charge in [-0.1, -0.05) is 6.07 Å². The first-order valence-corrected chi connectivity index (χ1v) is 5.96. The summed E-state index contributed by atoms with van der Waals surface area (Å²) in [5.41, 5.74) is 4.75. The molecule has 0 aliphatic carbocycles. The second-order valence-electron chi connectivity index (χ2n) is 4.23. The Morgan fingerprint density at radius 3 is 2.57 bits per heavy atom. The van der Waals surface area contributed by atoms with E-state index in [1.807, 2.05) is 0 Å². The van der Waals surface area contributed by atoms with Crippen LogP contribution in [0.5, 0.6) is 5.75 Å². The molecule has 0 amide bonds. The van der Waals surface area contributed by atoms with Gasteiger partial charge in [0.25, 0.3) is 0 Å². The maximum Gasteiger partial charge on any atom is 0.419 e. The Morgan fingerprint density at radius 1 is 1.24 bits per heavy atom. The summed E-state index contributed by atoms with van der Waals surface area (Å²) in [6, 6.07) is 8.34. The molecule has 0 radical (unpaired) electrons. The highest BCUT2D eigenvalue weighted by atomic mass is 19.4. The lowest BCUT2D eigenvalue weighted by Crippen LogP contribution is -2.15. The smallest absolute Gasteiger partial charge is 0.419 e. The first kappa shape index (κ1) is 14.8. The number of amidine groups is 1. The summed E-state index contributed by atoms with van der Waals surface area (Å²) in [4.78, 5) is 3.97. The van der Waals surface area contributed by atoms with Gasteiger partial charge >= 0.3 is 6.18 Å². The number of hydrogen-bond donors (Lipinski definition) is 2. The van der Waals surface area contributed by atoms with Crippen molar-refractivity contribution in [1.82, 2.24) is 4.98 Å². The van der Waals surface area contributed by atoms with E-state index in [0.29, 0.717) is 5.69 Å². The van der Waals surface area contributed by atoms with Crippen LogP contribution in [0.1, 0.15) is 16.8 Å².